The van der Waals surface area contributed by atoms with Crippen LogP contribution in [0.3, 0.4) is 0 Å². The zero-order valence-corrected chi connectivity index (χ0v) is 11.4. The molecule has 1 fully saturated rings. The van der Waals surface area contributed by atoms with E-state index in [1.54, 1.807) is 0 Å². The highest BCUT2D eigenvalue weighted by atomic mass is 79.9. The number of hydrogen-bond acceptors (Lipinski definition) is 0. The maximum Gasteiger partial charge on any atom is 0.0148 e. The Morgan fingerprint density at radius 1 is 1.29 bits per heavy atom. The third kappa shape index (κ3) is 4.33. The van der Waals surface area contributed by atoms with Crippen molar-refractivity contribution in [3.8, 4) is 0 Å². The summed E-state index contributed by atoms with van der Waals surface area (Å²) in [6.07, 6.45) is 11.5. The quantitative estimate of drug-likeness (QED) is 0.579. The zero-order chi connectivity index (χ0) is 10.4. The molecule has 0 nitrogen and oxygen atoms in total. The molecule has 0 bridgehead atoms. The van der Waals surface area contributed by atoms with E-state index in [2.05, 4.69) is 29.8 Å². The molecule has 0 saturated heterocycles. The van der Waals surface area contributed by atoms with Crippen molar-refractivity contribution < 1.29 is 0 Å². The van der Waals surface area contributed by atoms with Crippen molar-refractivity contribution in [2.45, 2.75) is 70.0 Å². The van der Waals surface area contributed by atoms with Crippen LogP contribution in [0.1, 0.15) is 65.2 Å². The molecular formula is C13H25Br. The summed E-state index contributed by atoms with van der Waals surface area (Å²) in [5, 5.41) is 0. The molecular weight excluding hydrogens is 236 g/mol. The summed E-state index contributed by atoms with van der Waals surface area (Å²) in [4.78, 5) is 0.830. The van der Waals surface area contributed by atoms with Crippen molar-refractivity contribution in [3.63, 3.8) is 0 Å². The Bertz CT molecular complexity index is 144. The average Bonchev–Trinajstić information content (AvgIpc) is 2.58. The van der Waals surface area contributed by atoms with E-state index in [9.17, 15) is 0 Å². The summed E-state index contributed by atoms with van der Waals surface area (Å²) in [5.41, 5.74) is 0. The van der Waals surface area contributed by atoms with E-state index in [-0.39, 0.29) is 0 Å². The van der Waals surface area contributed by atoms with E-state index in [0.29, 0.717) is 0 Å². The van der Waals surface area contributed by atoms with Crippen LogP contribution in [0.25, 0.3) is 0 Å². The van der Waals surface area contributed by atoms with Crippen LogP contribution in [0.4, 0.5) is 0 Å². The highest BCUT2D eigenvalue weighted by Gasteiger charge is 2.24. The first-order valence-electron chi connectivity index (χ1n) is 6.40. The topological polar surface area (TPSA) is 0 Å². The van der Waals surface area contributed by atoms with E-state index in [4.69, 9.17) is 0 Å². The third-order valence-corrected chi connectivity index (χ3v) is 4.52. The highest BCUT2D eigenvalue weighted by molar-refractivity contribution is 9.09. The lowest BCUT2D eigenvalue weighted by Crippen LogP contribution is -2.06. The van der Waals surface area contributed by atoms with Crippen molar-refractivity contribution in [2.24, 2.45) is 11.8 Å². The third-order valence-electron chi connectivity index (χ3n) is 3.69. The van der Waals surface area contributed by atoms with Crippen LogP contribution < -0.4 is 0 Å². The molecule has 0 aromatic rings. The van der Waals surface area contributed by atoms with Gasteiger partial charge in [0.2, 0.25) is 0 Å². The van der Waals surface area contributed by atoms with E-state index in [1.807, 2.05) is 0 Å². The van der Waals surface area contributed by atoms with Gasteiger partial charge in [0.15, 0.2) is 0 Å². The summed E-state index contributed by atoms with van der Waals surface area (Å²) in [6.45, 7) is 4.66. The standard InChI is InChI=1S/C13H25Br/c1-3-5-6-11(4-2)9-12-7-8-13(14)10-12/h11-13H,3-10H2,1-2H3. The molecule has 0 aromatic heterocycles. The van der Waals surface area contributed by atoms with Crippen molar-refractivity contribution in [3.05, 3.63) is 0 Å². The molecule has 3 unspecified atom stereocenters. The first kappa shape index (κ1) is 12.5. The molecule has 0 aliphatic heterocycles. The first-order valence-corrected chi connectivity index (χ1v) is 7.31. The van der Waals surface area contributed by atoms with Crippen LogP contribution in [0.15, 0.2) is 0 Å². The Morgan fingerprint density at radius 3 is 2.57 bits per heavy atom. The molecule has 0 amide bonds. The van der Waals surface area contributed by atoms with E-state index in [1.165, 1.54) is 51.4 Å². The van der Waals surface area contributed by atoms with Gasteiger partial charge in [-0.25, -0.2) is 0 Å². The monoisotopic (exact) mass is 260 g/mol. The number of halogens is 1. The lowest BCUT2D eigenvalue weighted by molar-refractivity contribution is 0.341. The van der Waals surface area contributed by atoms with E-state index in [0.717, 1.165) is 16.7 Å². The second kappa shape index (κ2) is 6.87. The molecule has 0 aromatic carbocycles. The summed E-state index contributed by atoms with van der Waals surface area (Å²) < 4.78 is 0. The fourth-order valence-electron chi connectivity index (χ4n) is 2.68. The molecule has 0 N–H and O–H groups in total. The van der Waals surface area contributed by atoms with Crippen molar-refractivity contribution in [1.82, 2.24) is 0 Å². The Balaban J connectivity index is 2.19. The van der Waals surface area contributed by atoms with Crippen LogP contribution in [0, 0.1) is 11.8 Å². The number of unbranched alkanes of at least 4 members (excludes halogenated alkanes) is 1. The van der Waals surface area contributed by atoms with Crippen LogP contribution >= 0.6 is 15.9 Å². The molecule has 3 atom stereocenters. The van der Waals surface area contributed by atoms with Gasteiger partial charge in [0, 0.05) is 4.83 Å². The molecule has 1 aliphatic carbocycles. The number of hydrogen-bond donors (Lipinski definition) is 0. The first-order chi connectivity index (χ1) is 6.76. The predicted octanol–water partition coefficient (Wildman–Crippen LogP) is 5.16. The van der Waals surface area contributed by atoms with Gasteiger partial charge in [0.25, 0.3) is 0 Å². The molecule has 1 rings (SSSR count). The number of alkyl halides is 1. The molecule has 0 heterocycles. The summed E-state index contributed by atoms with van der Waals surface area (Å²) in [7, 11) is 0. The van der Waals surface area contributed by atoms with Crippen LogP contribution in [0.5, 0.6) is 0 Å². The van der Waals surface area contributed by atoms with Crippen LogP contribution in [0.2, 0.25) is 0 Å². The highest BCUT2D eigenvalue weighted by Crippen LogP contribution is 2.36. The molecule has 14 heavy (non-hydrogen) atoms. The maximum absolute atomic E-state index is 3.74. The molecule has 1 aliphatic rings. The zero-order valence-electron chi connectivity index (χ0n) is 9.77. The minimum absolute atomic E-state index is 0.830. The smallest absolute Gasteiger partial charge is 0.0148 e. The SMILES string of the molecule is CCCCC(CC)CC1CCC(Br)C1. The van der Waals surface area contributed by atoms with E-state index < -0.39 is 0 Å². The summed E-state index contributed by atoms with van der Waals surface area (Å²) in [6, 6.07) is 0. The Kier molecular flexibility index (Phi) is 6.16. The molecule has 0 spiro atoms. The largest absolute Gasteiger partial charge is 0.0891 e. The minimum Gasteiger partial charge on any atom is -0.0891 e. The van der Waals surface area contributed by atoms with Gasteiger partial charge in [0.1, 0.15) is 0 Å². The average molecular weight is 261 g/mol. The van der Waals surface area contributed by atoms with Crippen LogP contribution in [-0.4, -0.2) is 4.83 Å². The van der Waals surface area contributed by atoms with Gasteiger partial charge in [-0.15, -0.1) is 0 Å². The van der Waals surface area contributed by atoms with Crippen molar-refractivity contribution in [2.75, 3.05) is 0 Å². The van der Waals surface area contributed by atoms with Gasteiger partial charge >= 0.3 is 0 Å². The number of rotatable bonds is 6. The Morgan fingerprint density at radius 2 is 2.07 bits per heavy atom. The van der Waals surface area contributed by atoms with Crippen molar-refractivity contribution in [1.29, 1.82) is 0 Å². The van der Waals surface area contributed by atoms with Crippen LogP contribution in [-0.2, 0) is 0 Å². The Hall–Kier alpha value is 0.480. The minimum atomic E-state index is 0.830. The van der Waals surface area contributed by atoms with Gasteiger partial charge in [-0.05, 0) is 37.5 Å². The lowest BCUT2D eigenvalue weighted by Gasteiger charge is -2.18. The van der Waals surface area contributed by atoms with Gasteiger partial charge in [-0.2, -0.15) is 0 Å². The predicted molar refractivity (Wildman–Crippen MR) is 68.0 cm³/mol. The molecule has 84 valence electrons. The maximum atomic E-state index is 3.74. The Labute approximate surface area is 98.0 Å². The molecule has 1 heteroatoms. The molecule has 0 radical (unpaired) electrons. The second-order valence-electron chi connectivity index (χ2n) is 4.93. The van der Waals surface area contributed by atoms with Gasteiger partial charge in [-0.3, -0.25) is 0 Å². The van der Waals surface area contributed by atoms with Gasteiger partial charge in [-0.1, -0.05) is 55.5 Å². The van der Waals surface area contributed by atoms with Gasteiger partial charge in [0.05, 0.1) is 0 Å². The fraction of sp³-hybridized carbons (Fsp3) is 1.00. The second-order valence-corrected chi connectivity index (χ2v) is 6.22. The van der Waals surface area contributed by atoms with Gasteiger partial charge < -0.3 is 0 Å². The fourth-order valence-corrected chi connectivity index (χ4v) is 3.47. The normalized spacial score (nSPS) is 29.4. The lowest BCUT2D eigenvalue weighted by atomic mass is 9.88. The van der Waals surface area contributed by atoms with E-state index >= 15 is 0 Å². The molecule has 1 saturated carbocycles. The summed E-state index contributed by atoms with van der Waals surface area (Å²) in [5.74, 6) is 2.04. The van der Waals surface area contributed by atoms with Crippen molar-refractivity contribution >= 4 is 15.9 Å². The summed E-state index contributed by atoms with van der Waals surface area (Å²) >= 11 is 3.74.